The Morgan fingerprint density at radius 1 is 0.791 bits per heavy atom. The molecule has 0 saturated heterocycles. The Balaban J connectivity index is 0.000000215. The monoisotopic (exact) mass is 1290 g/mol. The lowest BCUT2D eigenvalue weighted by Crippen LogP contribution is -2.30. The van der Waals surface area contributed by atoms with Gasteiger partial charge in [-0.15, -0.1) is 0 Å². The van der Waals surface area contributed by atoms with E-state index in [0.29, 0.717) is 66.8 Å². The molecular weight excluding hydrogens is 1240 g/mol. The molecule has 8 rings (SSSR count). The number of rotatable bonds is 23. The number of hydrogen-bond acceptors (Lipinski definition) is 14. The molecule has 3 N–H and O–H groups in total. The quantitative estimate of drug-likeness (QED) is 0.0178. The van der Waals surface area contributed by atoms with Crippen LogP contribution < -0.4 is 20.4 Å². The highest BCUT2D eigenvalue weighted by molar-refractivity contribution is 6.47. The maximum atomic E-state index is 12.4. The minimum absolute atomic E-state index is 0.0172. The average molecular weight is 1290 g/mol. The zero-order valence-corrected chi connectivity index (χ0v) is 51.5. The fraction of sp³-hybridized carbons (Fsp3) is 0.237. The van der Waals surface area contributed by atoms with Gasteiger partial charge in [-0.1, -0.05) is 131 Å². The van der Waals surface area contributed by atoms with Crippen molar-refractivity contribution in [1.82, 2.24) is 29.7 Å². The van der Waals surface area contributed by atoms with E-state index in [2.05, 4.69) is 55.5 Å². The molecule has 3 aromatic heterocycles. The fourth-order valence-corrected chi connectivity index (χ4v) is 9.49. The Labute approximate surface area is 524 Å². The molecule has 1 aliphatic rings. The van der Waals surface area contributed by atoms with Crippen molar-refractivity contribution < 1.29 is 52.4 Å². The summed E-state index contributed by atoms with van der Waals surface area (Å²) in [5.41, 5.74) is 6.08. The van der Waals surface area contributed by atoms with E-state index in [9.17, 15) is 24.0 Å². The summed E-state index contributed by atoms with van der Waals surface area (Å²) in [5, 5.41) is 19.9. The number of nitrogens with one attached hydrogen (secondary N) is 3. The minimum atomic E-state index is -0.627. The number of carbonyl (C=O) groups excluding carboxylic acids is 5. The second kappa shape index (κ2) is 31.7. The Kier molecular flexibility index (Phi) is 24.6. The number of aromatic nitrogens is 5. The summed E-state index contributed by atoms with van der Waals surface area (Å²) < 4.78 is 33.9. The van der Waals surface area contributed by atoms with Crippen molar-refractivity contribution in [3.05, 3.63) is 180 Å². The van der Waals surface area contributed by atoms with Crippen LogP contribution >= 0.6 is 69.6 Å². The van der Waals surface area contributed by atoms with Gasteiger partial charge in [-0.25, -0.2) is 14.6 Å². The third-order valence-electron chi connectivity index (χ3n) is 11.5. The van der Waals surface area contributed by atoms with Crippen LogP contribution in [0.15, 0.2) is 121 Å². The summed E-state index contributed by atoms with van der Waals surface area (Å²) in [5.74, 6) is -0.377. The van der Waals surface area contributed by atoms with E-state index < -0.39 is 23.8 Å². The summed E-state index contributed by atoms with van der Waals surface area (Å²) in [4.78, 5) is 69.1. The molecule has 3 amide bonds. The van der Waals surface area contributed by atoms with Crippen molar-refractivity contribution in [2.45, 2.75) is 60.4 Å². The lowest BCUT2D eigenvalue weighted by molar-refractivity contribution is -0.147. The molecule has 21 nitrogen and oxygen atoms in total. The smallest absolute Gasteiger partial charge is 0.331 e. The molecule has 0 spiro atoms. The molecule has 450 valence electrons. The topological polar surface area (TPSA) is 236 Å². The maximum Gasteiger partial charge on any atom is 0.331 e. The number of esters is 2. The molecule has 4 aromatic carbocycles. The van der Waals surface area contributed by atoms with Crippen LogP contribution in [0.5, 0.6) is 5.88 Å². The third-order valence-corrected chi connectivity index (χ3v) is 13.1. The largest absolute Gasteiger partial charge is 0.473 e. The number of nitrogens with zero attached hydrogens (tertiary/aromatic N) is 7. The van der Waals surface area contributed by atoms with Gasteiger partial charge < -0.3 is 39.1 Å². The summed E-state index contributed by atoms with van der Waals surface area (Å²) in [7, 11) is 0. The number of anilines is 2. The first-order valence-corrected chi connectivity index (χ1v) is 28.0. The third kappa shape index (κ3) is 18.8. The number of aromatic amines is 1. The molecule has 1 aliphatic heterocycles. The zero-order valence-electron chi connectivity index (χ0n) is 47.0. The van der Waals surface area contributed by atoms with Crippen LogP contribution in [0.1, 0.15) is 74.1 Å². The van der Waals surface area contributed by atoms with Gasteiger partial charge in [0.2, 0.25) is 24.3 Å². The molecule has 0 fully saturated rings. The molecule has 0 radical (unpaired) electrons. The van der Waals surface area contributed by atoms with Crippen molar-refractivity contribution >= 4 is 133 Å². The predicted octanol–water partition coefficient (Wildman–Crippen LogP) is 14.0. The van der Waals surface area contributed by atoms with Gasteiger partial charge in [-0.3, -0.25) is 28.8 Å². The number of fused-ring (bicyclic) bond motifs is 1. The van der Waals surface area contributed by atoms with Crippen LogP contribution in [0.3, 0.4) is 0 Å². The van der Waals surface area contributed by atoms with Gasteiger partial charge in [0.05, 0.1) is 69.9 Å². The van der Waals surface area contributed by atoms with Gasteiger partial charge >= 0.3 is 11.9 Å². The Hall–Kier alpha value is -8.33. The lowest BCUT2D eigenvalue weighted by Gasteiger charge is -2.15. The normalized spacial score (nSPS) is 11.5. The van der Waals surface area contributed by atoms with Crippen LogP contribution in [-0.4, -0.2) is 93.2 Å². The number of allylic oxidation sites excluding steroid dienone is 3. The van der Waals surface area contributed by atoms with Gasteiger partial charge in [0.15, 0.2) is 18.3 Å². The summed E-state index contributed by atoms with van der Waals surface area (Å²) in [6.45, 7) is 28.0. The van der Waals surface area contributed by atoms with E-state index >= 15 is 0 Å². The standard InChI is InChI=1S/C25H27N5O7.C20H16Cl3N3O2.C14H13Cl3N2O2/c1-5-35-25(33)22-19(26-4)14-30-24(22)28-23(29-30)17-7-6-8-18(13-17)27-20(31)9-10-21(32)36-12-11-34-15-37-16(2)3;1-11(2)13-5-3-12(4-6-13)10-24-20(28)17-9-18(27)26(25-17)19-15(22)7-14(21)8-16(19)23;1-8(2)20-7-21-13-4-9(3)18-19(13)14-11(16)5-10(15)6-12(14)17/h6-8,13-14H,2,5,9-12,15H2,1,3H3,(H,27,31)(H,28,29);3-8H,1,9-10H2,2H3,(H,24,28);4-6H,1,7H2,2-3H3. The molecule has 0 aliphatic carbocycles. The first-order valence-electron chi connectivity index (χ1n) is 25.7. The lowest BCUT2D eigenvalue weighted by atomic mass is 10.1. The van der Waals surface area contributed by atoms with Crippen LogP contribution in [0.4, 0.5) is 17.1 Å². The summed E-state index contributed by atoms with van der Waals surface area (Å²) in [6.07, 6.45) is 1.18. The number of hydrazone groups is 1. The second-order valence-electron chi connectivity index (χ2n) is 18.4. The van der Waals surface area contributed by atoms with Gasteiger partial charge in [-0.05, 0) is 82.1 Å². The van der Waals surface area contributed by atoms with E-state index in [1.807, 2.05) is 38.1 Å². The van der Waals surface area contributed by atoms with E-state index in [1.165, 1.54) is 27.5 Å². The molecule has 0 unspecified atom stereocenters. The van der Waals surface area contributed by atoms with Gasteiger partial charge in [-0.2, -0.15) is 19.9 Å². The van der Waals surface area contributed by atoms with Crippen molar-refractivity contribution in [3.8, 4) is 23.0 Å². The van der Waals surface area contributed by atoms with Crippen molar-refractivity contribution in [1.29, 1.82) is 0 Å². The highest BCUT2D eigenvalue weighted by atomic mass is 35.5. The molecule has 0 atom stereocenters. The van der Waals surface area contributed by atoms with E-state index in [0.717, 1.165) is 27.4 Å². The number of halogens is 6. The predicted molar refractivity (Wildman–Crippen MR) is 331 cm³/mol. The number of amides is 3. The average Bonchev–Trinajstić information content (AvgIpc) is 2.22. The minimum Gasteiger partial charge on any atom is -0.473 e. The molecule has 86 heavy (non-hydrogen) atoms. The number of ether oxygens (including phenoxy) is 6. The van der Waals surface area contributed by atoms with Crippen LogP contribution in [0.2, 0.25) is 30.1 Å². The van der Waals surface area contributed by atoms with E-state index in [-0.39, 0.29) is 96.9 Å². The number of benzene rings is 4. The van der Waals surface area contributed by atoms with Crippen molar-refractivity contribution in [3.63, 3.8) is 0 Å². The zero-order chi connectivity index (χ0) is 62.8. The Bertz CT molecular complexity index is 3730. The highest BCUT2D eigenvalue weighted by Crippen LogP contribution is 2.39. The SMILES string of the molecule is C=C(C)OCOc1cc(C)nn1-c1c(Cl)cc(Cl)cc1Cl.C=C(C)c1ccc(CNC(=O)C2=NN(c3c(Cl)cc(Cl)cc3Cl)C(=O)C2)cc1.[C-]#[N+]c1cn2[nH]c(-c3cccc(NC(=O)CCC(=O)OCCOCOC(=C)C)c3)nc2c1C(=O)OCC. The van der Waals surface area contributed by atoms with Crippen LogP contribution in [-0.2, 0) is 49.4 Å². The van der Waals surface area contributed by atoms with Crippen LogP contribution in [0, 0.1) is 13.5 Å². The highest BCUT2D eigenvalue weighted by Gasteiger charge is 2.32. The van der Waals surface area contributed by atoms with E-state index in [4.69, 9.17) is 105 Å². The van der Waals surface area contributed by atoms with Gasteiger partial charge in [0.1, 0.15) is 29.3 Å². The second-order valence-corrected chi connectivity index (χ2v) is 20.9. The van der Waals surface area contributed by atoms with E-state index in [1.54, 1.807) is 63.2 Å². The van der Waals surface area contributed by atoms with Crippen LogP contribution in [0.25, 0.3) is 33.1 Å². The van der Waals surface area contributed by atoms with Gasteiger partial charge in [0.25, 0.3) is 11.8 Å². The Morgan fingerprint density at radius 2 is 1.43 bits per heavy atom. The first kappa shape index (κ1) is 66.8. The summed E-state index contributed by atoms with van der Waals surface area (Å²) in [6, 6.07) is 22.4. The number of hydrogen-bond donors (Lipinski definition) is 3. The fourth-order valence-electron chi connectivity index (χ4n) is 7.53. The number of carbonyl (C=O) groups is 5. The molecule has 4 heterocycles. The van der Waals surface area contributed by atoms with Crippen molar-refractivity contribution in [2.24, 2.45) is 5.10 Å². The Morgan fingerprint density at radius 3 is 2.05 bits per heavy atom. The molecule has 0 bridgehead atoms. The molecule has 27 heteroatoms. The van der Waals surface area contributed by atoms with Gasteiger partial charge in [0, 0.05) is 46.5 Å². The molecule has 7 aromatic rings. The molecular formula is C59H56Cl6N10O11. The molecule has 0 saturated carbocycles. The summed E-state index contributed by atoms with van der Waals surface area (Å²) >= 11 is 36.5. The maximum absolute atomic E-state index is 12.4. The first-order chi connectivity index (χ1) is 41.0. The number of H-pyrrole nitrogens is 1. The number of aryl methyl sites for hydroxylation is 1. The van der Waals surface area contributed by atoms with Crippen molar-refractivity contribution in [2.75, 3.05) is 43.7 Å².